The molecular formula is C22H25N3. The molecule has 0 aliphatic rings. The van der Waals surface area contributed by atoms with Crippen molar-refractivity contribution < 1.29 is 0 Å². The minimum absolute atomic E-state index is 0.163. The Balaban J connectivity index is 1.88. The van der Waals surface area contributed by atoms with Crippen molar-refractivity contribution in [2.75, 3.05) is 0 Å². The molecule has 1 aromatic carbocycles. The van der Waals surface area contributed by atoms with Gasteiger partial charge in [0.15, 0.2) is 0 Å². The molecule has 3 aromatic rings. The van der Waals surface area contributed by atoms with Gasteiger partial charge in [-0.1, -0.05) is 39.0 Å². The van der Waals surface area contributed by atoms with Gasteiger partial charge in [-0.2, -0.15) is 0 Å². The lowest BCUT2D eigenvalue weighted by Gasteiger charge is -2.18. The standard InChI is InChI=1S/C22H25N3/c1-16-14-18(17(2)25(16)21-8-6-7-13-23-21)15-24-20-11-9-19(10-12-20)22(3,4)5/h6-15H,1-5H3. The molecular weight excluding hydrogens is 306 g/mol. The molecule has 0 amide bonds. The first-order valence-electron chi connectivity index (χ1n) is 8.61. The fraction of sp³-hybridized carbons (Fsp3) is 0.273. The van der Waals surface area contributed by atoms with E-state index in [2.05, 4.69) is 79.5 Å². The summed E-state index contributed by atoms with van der Waals surface area (Å²) in [5.74, 6) is 0.937. The van der Waals surface area contributed by atoms with Gasteiger partial charge in [0.05, 0.1) is 5.69 Å². The van der Waals surface area contributed by atoms with E-state index in [0.717, 1.165) is 28.5 Å². The quantitative estimate of drug-likeness (QED) is 0.580. The Morgan fingerprint density at radius 1 is 1.00 bits per heavy atom. The number of aromatic nitrogens is 2. The largest absolute Gasteiger partial charge is 0.303 e. The van der Waals surface area contributed by atoms with Gasteiger partial charge < -0.3 is 4.57 Å². The molecule has 0 atom stereocenters. The van der Waals surface area contributed by atoms with Crippen LogP contribution in [0.2, 0.25) is 0 Å². The maximum absolute atomic E-state index is 4.65. The molecule has 0 saturated carbocycles. The number of rotatable bonds is 3. The van der Waals surface area contributed by atoms with E-state index in [4.69, 9.17) is 0 Å². The highest BCUT2D eigenvalue weighted by molar-refractivity contribution is 5.84. The van der Waals surface area contributed by atoms with Crippen molar-refractivity contribution in [2.24, 2.45) is 4.99 Å². The Bertz CT molecular complexity index is 880. The third-order valence-electron chi connectivity index (χ3n) is 4.43. The first-order valence-corrected chi connectivity index (χ1v) is 8.61. The molecule has 0 N–H and O–H groups in total. The predicted octanol–water partition coefficient (Wildman–Crippen LogP) is 5.54. The van der Waals surface area contributed by atoms with E-state index in [-0.39, 0.29) is 5.41 Å². The second-order valence-corrected chi connectivity index (χ2v) is 7.40. The lowest BCUT2D eigenvalue weighted by atomic mass is 9.87. The molecule has 0 spiro atoms. The van der Waals surface area contributed by atoms with Crippen LogP contribution in [0.1, 0.15) is 43.3 Å². The summed E-state index contributed by atoms with van der Waals surface area (Å²) in [6.45, 7) is 10.9. The van der Waals surface area contributed by atoms with Crippen LogP contribution in [0.3, 0.4) is 0 Å². The molecule has 0 unspecified atom stereocenters. The van der Waals surface area contributed by atoms with Crippen LogP contribution in [0, 0.1) is 13.8 Å². The zero-order valence-electron chi connectivity index (χ0n) is 15.6. The van der Waals surface area contributed by atoms with Crippen molar-refractivity contribution in [1.82, 2.24) is 9.55 Å². The summed E-state index contributed by atoms with van der Waals surface area (Å²) < 4.78 is 2.16. The molecule has 25 heavy (non-hydrogen) atoms. The van der Waals surface area contributed by atoms with E-state index < -0.39 is 0 Å². The summed E-state index contributed by atoms with van der Waals surface area (Å²) in [4.78, 5) is 9.10. The molecule has 128 valence electrons. The van der Waals surface area contributed by atoms with Gasteiger partial charge in [-0.25, -0.2) is 4.98 Å². The van der Waals surface area contributed by atoms with Crippen molar-refractivity contribution in [3.8, 4) is 5.82 Å². The van der Waals surface area contributed by atoms with Crippen molar-refractivity contribution in [2.45, 2.75) is 40.0 Å². The average molecular weight is 331 g/mol. The van der Waals surface area contributed by atoms with Crippen molar-refractivity contribution in [3.63, 3.8) is 0 Å². The number of hydrogen-bond acceptors (Lipinski definition) is 2. The summed E-state index contributed by atoms with van der Waals surface area (Å²) in [7, 11) is 0. The lowest BCUT2D eigenvalue weighted by Crippen LogP contribution is -2.10. The molecule has 3 heteroatoms. The number of aliphatic imine (C=N–C) groups is 1. The van der Waals surface area contributed by atoms with Crippen LogP contribution in [-0.2, 0) is 5.41 Å². The van der Waals surface area contributed by atoms with E-state index in [1.54, 1.807) is 0 Å². The highest BCUT2D eigenvalue weighted by atomic mass is 15.1. The molecule has 0 radical (unpaired) electrons. The van der Waals surface area contributed by atoms with E-state index in [1.807, 2.05) is 30.6 Å². The summed E-state index contributed by atoms with van der Waals surface area (Å²) in [6.07, 6.45) is 3.76. The number of aryl methyl sites for hydroxylation is 1. The second-order valence-electron chi connectivity index (χ2n) is 7.40. The van der Waals surface area contributed by atoms with Gasteiger partial charge in [-0.15, -0.1) is 0 Å². The Morgan fingerprint density at radius 3 is 2.32 bits per heavy atom. The van der Waals surface area contributed by atoms with Gasteiger partial charge >= 0.3 is 0 Å². The van der Waals surface area contributed by atoms with Crippen LogP contribution in [0.15, 0.2) is 59.7 Å². The fourth-order valence-corrected chi connectivity index (χ4v) is 2.95. The second kappa shape index (κ2) is 6.67. The van der Waals surface area contributed by atoms with Gasteiger partial charge in [0.2, 0.25) is 0 Å². The fourth-order valence-electron chi connectivity index (χ4n) is 2.95. The van der Waals surface area contributed by atoms with Crippen LogP contribution in [-0.4, -0.2) is 15.8 Å². The summed E-state index contributed by atoms with van der Waals surface area (Å²) in [6, 6.07) is 16.6. The van der Waals surface area contributed by atoms with Gasteiger partial charge in [0.25, 0.3) is 0 Å². The molecule has 0 aliphatic heterocycles. The lowest BCUT2D eigenvalue weighted by molar-refractivity contribution is 0.590. The zero-order valence-corrected chi connectivity index (χ0v) is 15.6. The van der Waals surface area contributed by atoms with Crippen LogP contribution >= 0.6 is 0 Å². The average Bonchev–Trinajstić information content (AvgIpc) is 2.87. The highest BCUT2D eigenvalue weighted by Crippen LogP contribution is 2.25. The Kier molecular flexibility index (Phi) is 4.58. The number of pyridine rings is 1. The monoisotopic (exact) mass is 331 g/mol. The molecule has 0 fully saturated rings. The zero-order chi connectivity index (χ0) is 18.0. The Labute approximate surface area is 150 Å². The molecule has 3 nitrogen and oxygen atoms in total. The summed E-state index contributed by atoms with van der Waals surface area (Å²) >= 11 is 0. The van der Waals surface area contributed by atoms with Gasteiger partial charge in [-0.3, -0.25) is 4.99 Å². The van der Waals surface area contributed by atoms with E-state index in [9.17, 15) is 0 Å². The third-order valence-corrected chi connectivity index (χ3v) is 4.43. The van der Waals surface area contributed by atoms with Crippen LogP contribution in [0.4, 0.5) is 5.69 Å². The predicted molar refractivity (Wildman–Crippen MR) is 105 cm³/mol. The first-order chi connectivity index (χ1) is 11.9. The van der Waals surface area contributed by atoms with Crippen LogP contribution < -0.4 is 0 Å². The topological polar surface area (TPSA) is 30.2 Å². The van der Waals surface area contributed by atoms with Crippen LogP contribution in [0.25, 0.3) is 5.82 Å². The number of hydrogen-bond donors (Lipinski definition) is 0. The van der Waals surface area contributed by atoms with E-state index in [1.165, 1.54) is 5.56 Å². The first kappa shape index (κ1) is 17.2. The minimum Gasteiger partial charge on any atom is -0.303 e. The van der Waals surface area contributed by atoms with Crippen LogP contribution in [0.5, 0.6) is 0 Å². The highest BCUT2D eigenvalue weighted by Gasteiger charge is 2.13. The Morgan fingerprint density at radius 2 is 1.72 bits per heavy atom. The smallest absolute Gasteiger partial charge is 0.136 e. The number of benzene rings is 1. The third kappa shape index (κ3) is 3.71. The van der Waals surface area contributed by atoms with Gasteiger partial charge in [0.1, 0.15) is 5.82 Å². The molecule has 2 aromatic heterocycles. The maximum Gasteiger partial charge on any atom is 0.136 e. The normalized spacial score (nSPS) is 12.0. The Hall–Kier alpha value is -2.68. The van der Waals surface area contributed by atoms with Gasteiger partial charge in [-0.05, 0) is 55.2 Å². The maximum atomic E-state index is 4.65. The van der Waals surface area contributed by atoms with Crippen molar-refractivity contribution in [1.29, 1.82) is 0 Å². The van der Waals surface area contributed by atoms with E-state index >= 15 is 0 Å². The van der Waals surface area contributed by atoms with Gasteiger partial charge in [0, 0.05) is 29.4 Å². The molecule has 0 aliphatic carbocycles. The SMILES string of the molecule is Cc1cc(C=Nc2ccc(C(C)(C)C)cc2)c(C)n1-c1ccccn1. The molecule has 3 rings (SSSR count). The molecule has 0 bridgehead atoms. The number of nitrogens with zero attached hydrogens (tertiary/aromatic N) is 3. The summed E-state index contributed by atoms with van der Waals surface area (Å²) in [5, 5.41) is 0. The molecule has 0 saturated heterocycles. The van der Waals surface area contributed by atoms with Crippen molar-refractivity contribution >= 4 is 11.9 Å². The minimum atomic E-state index is 0.163. The molecule has 2 heterocycles. The van der Waals surface area contributed by atoms with E-state index in [0.29, 0.717) is 0 Å². The summed E-state index contributed by atoms with van der Waals surface area (Å²) in [5.41, 5.74) is 5.86. The van der Waals surface area contributed by atoms with Crippen molar-refractivity contribution in [3.05, 3.63) is 77.2 Å².